The lowest BCUT2D eigenvalue weighted by molar-refractivity contribution is -0.605. The third kappa shape index (κ3) is 5.83. The number of anilines is 1. The molecule has 2 aromatic carbocycles. The zero-order valence-corrected chi connectivity index (χ0v) is 16.9. The van der Waals surface area contributed by atoms with E-state index in [9.17, 15) is 14.8 Å². The van der Waals surface area contributed by atoms with E-state index >= 15 is 0 Å². The molecule has 0 unspecified atom stereocenters. The van der Waals surface area contributed by atoms with Crippen LogP contribution in [0.15, 0.2) is 76.8 Å². The molecular weight excluding hydrogens is 388 g/mol. The van der Waals surface area contributed by atoms with Crippen LogP contribution in [0.1, 0.15) is 21.5 Å². The molecule has 1 heterocycles. The molecule has 0 aliphatic heterocycles. The Morgan fingerprint density at radius 3 is 2.41 bits per heavy atom. The van der Waals surface area contributed by atoms with Gasteiger partial charge in [-0.05, 0) is 55.3 Å². The smallest absolute Gasteiger partial charge is 0.339 e. The molecule has 0 radical (unpaired) electrons. The molecule has 0 aliphatic rings. The number of esters is 1. The molecule has 1 N–H and O–H groups in total. The van der Waals surface area contributed by atoms with Gasteiger partial charge in [-0.15, -0.1) is 0 Å². The summed E-state index contributed by atoms with van der Waals surface area (Å²) >= 11 is 1.66. The number of carbonyl (C=O) groups is 2. The molecule has 0 bridgehead atoms. The molecule has 29 heavy (non-hydrogen) atoms. The van der Waals surface area contributed by atoms with E-state index < -0.39 is 18.5 Å². The van der Waals surface area contributed by atoms with Crippen LogP contribution in [0.5, 0.6) is 0 Å². The number of aryl methyl sites for hydroxylation is 2. The van der Waals surface area contributed by atoms with Gasteiger partial charge in [-0.25, -0.2) is 4.79 Å². The second-order valence-electron chi connectivity index (χ2n) is 6.47. The number of benzene rings is 2. The molecule has 1 aromatic heterocycles. The van der Waals surface area contributed by atoms with E-state index in [2.05, 4.69) is 37.4 Å². The minimum absolute atomic E-state index is 0.206. The van der Waals surface area contributed by atoms with Gasteiger partial charge in [0.1, 0.15) is 0 Å². The Balaban J connectivity index is 1.52. The lowest BCUT2D eigenvalue weighted by Crippen LogP contribution is -2.25. The molecule has 1 amide bonds. The lowest BCUT2D eigenvalue weighted by Gasteiger charge is -2.09. The molecule has 148 valence electrons. The fraction of sp³-hybridized carbons (Fsp3) is 0.136. The molecule has 0 aliphatic carbocycles. The van der Waals surface area contributed by atoms with E-state index in [1.165, 1.54) is 40.5 Å². The molecule has 0 fully saturated rings. The average Bonchev–Trinajstić information content (AvgIpc) is 2.71. The maximum absolute atomic E-state index is 12.0. The van der Waals surface area contributed by atoms with Crippen LogP contribution in [-0.4, -0.2) is 18.5 Å². The Morgan fingerprint density at radius 1 is 1.03 bits per heavy atom. The average molecular weight is 408 g/mol. The van der Waals surface area contributed by atoms with Gasteiger partial charge in [-0.3, -0.25) is 4.79 Å². The predicted octanol–water partition coefficient (Wildman–Crippen LogP) is 3.88. The van der Waals surface area contributed by atoms with Crippen molar-refractivity contribution < 1.29 is 19.1 Å². The summed E-state index contributed by atoms with van der Waals surface area (Å²) in [5, 5.41) is 13.7. The second-order valence-corrected chi connectivity index (χ2v) is 7.58. The minimum Gasteiger partial charge on any atom is -0.619 e. The van der Waals surface area contributed by atoms with Crippen molar-refractivity contribution in [1.82, 2.24) is 0 Å². The van der Waals surface area contributed by atoms with E-state index in [1.807, 2.05) is 12.1 Å². The van der Waals surface area contributed by atoms with Gasteiger partial charge in [-0.1, -0.05) is 23.9 Å². The summed E-state index contributed by atoms with van der Waals surface area (Å²) in [4.78, 5) is 26.1. The van der Waals surface area contributed by atoms with Gasteiger partial charge in [0.15, 0.2) is 19.0 Å². The monoisotopic (exact) mass is 408 g/mol. The third-order valence-corrected chi connectivity index (χ3v) is 5.25. The van der Waals surface area contributed by atoms with Gasteiger partial charge >= 0.3 is 5.97 Å². The predicted molar refractivity (Wildman–Crippen MR) is 111 cm³/mol. The minimum atomic E-state index is -0.666. The van der Waals surface area contributed by atoms with Crippen molar-refractivity contribution in [3.05, 3.63) is 88.9 Å². The van der Waals surface area contributed by atoms with Crippen LogP contribution in [-0.2, 0) is 9.53 Å². The molecule has 0 saturated heterocycles. The number of rotatable bonds is 6. The highest BCUT2D eigenvalue weighted by molar-refractivity contribution is 7.99. The SMILES string of the molecule is Cc1ccc(C)c(Sc2ccc(NC(=O)COC(=O)c3cc[n+]([O-])cc3)cc2)c1. The first kappa shape index (κ1) is 20.4. The van der Waals surface area contributed by atoms with Crippen molar-refractivity contribution in [2.75, 3.05) is 11.9 Å². The summed E-state index contributed by atoms with van der Waals surface area (Å²) in [6, 6.07) is 16.5. The van der Waals surface area contributed by atoms with Crippen molar-refractivity contribution >= 4 is 29.3 Å². The molecular formula is C22H20N2O4S. The van der Waals surface area contributed by atoms with Crippen LogP contribution in [0.2, 0.25) is 0 Å². The number of carbonyl (C=O) groups excluding carboxylic acids is 2. The number of ether oxygens (including phenoxy) is 1. The maximum Gasteiger partial charge on any atom is 0.339 e. The Morgan fingerprint density at radius 2 is 1.72 bits per heavy atom. The summed E-state index contributed by atoms with van der Waals surface area (Å²) in [5.74, 6) is -1.11. The number of aromatic nitrogens is 1. The summed E-state index contributed by atoms with van der Waals surface area (Å²) in [6.07, 6.45) is 2.38. The van der Waals surface area contributed by atoms with Gasteiger partial charge in [0.2, 0.25) is 0 Å². The van der Waals surface area contributed by atoms with Crippen LogP contribution in [0.4, 0.5) is 5.69 Å². The Labute approximate surface area is 173 Å². The van der Waals surface area contributed by atoms with Crippen LogP contribution >= 0.6 is 11.8 Å². The van der Waals surface area contributed by atoms with Gasteiger partial charge in [0, 0.05) is 27.6 Å². The van der Waals surface area contributed by atoms with Crippen LogP contribution in [0, 0.1) is 19.1 Å². The van der Waals surface area contributed by atoms with Crippen LogP contribution in [0.25, 0.3) is 0 Å². The number of hydrogen-bond donors (Lipinski definition) is 1. The number of nitrogens with one attached hydrogen (secondary N) is 1. The van der Waals surface area contributed by atoms with Gasteiger partial charge < -0.3 is 15.3 Å². The zero-order valence-electron chi connectivity index (χ0n) is 16.0. The van der Waals surface area contributed by atoms with Gasteiger partial charge in [0.25, 0.3) is 5.91 Å². The van der Waals surface area contributed by atoms with E-state index in [4.69, 9.17) is 4.74 Å². The Bertz CT molecular complexity index is 1020. The highest BCUT2D eigenvalue weighted by atomic mass is 32.2. The first-order valence-corrected chi connectivity index (χ1v) is 9.73. The molecule has 3 aromatic rings. The zero-order chi connectivity index (χ0) is 20.8. The summed E-state index contributed by atoms with van der Waals surface area (Å²) in [5.41, 5.74) is 3.24. The van der Waals surface area contributed by atoms with Crippen LogP contribution < -0.4 is 10.0 Å². The maximum atomic E-state index is 12.0. The van der Waals surface area contributed by atoms with Crippen molar-refractivity contribution in [2.24, 2.45) is 0 Å². The normalized spacial score (nSPS) is 10.4. The van der Waals surface area contributed by atoms with E-state index in [0.717, 1.165) is 4.90 Å². The third-order valence-electron chi connectivity index (χ3n) is 4.08. The number of amides is 1. The largest absolute Gasteiger partial charge is 0.619 e. The van der Waals surface area contributed by atoms with Crippen molar-refractivity contribution in [1.29, 1.82) is 0 Å². The first-order valence-electron chi connectivity index (χ1n) is 8.92. The highest BCUT2D eigenvalue weighted by Gasteiger charge is 2.11. The van der Waals surface area contributed by atoms with Crippen molar-refractivity contribution in [3.63, 3.8) is 0 Å². The summed E-state index contributed by atoms with van der Waals surface area (Å²) < 4.78 is 5.52. The number of pyridine rings is 1. The molecule has 0 spiro atoms. The van der Waals surface area contributed by atoms with Crippen molar-refractivity contribution in [3.8, 4) is 0 Å². The van der Waals surface area contributed by atoms with Crippen LogP contribution in [0.3, 0.4) is 0 Å². The second kappa shape index (κ2) is 9.25. The topological polar surface area (TPSA) is 82.3 Å². The number of nitrogens with zero attached hydrogens (tertiary/aromatic N) is 1. The van der Waals surface area contributed by atoms with Crippen molar-refractivity contribution in [2.45, 2.75) is 23.6 Å². The number of hydrogen-bond acceptors (Lipinski definition) is 5. The van der Waals surface area contributed by atoms with Gasteiger partial charge in [-0.2, -0.15) is 4.73 Å². The Kier molecular flexibility index (Phi) is 6.51. The molecule has 3 rings (SSSR count). The lowest BCUT2D eigenvalue weighted by atomic mass is 10.2. The highest BCUT2D eigenvalue weighted by Crippen LogP contribution is 2.31. The van der Waals surface area contributed by atoms with E-state index in [-0.39, 0.29) is 5.56 Å². The molecule has 7 heteroatoms. The Hall–Kier alpha value is -3.32. The molecule has 0 atom stereocenters. The van der Waals surface area contributed by atoms with Gasteiger partial charge in [0.05, 0.1) is 5.56 Å². The molecule has 6 nitrogen and oxygen atoms in total. The fourth-order valence-corrected chi connectivity index (χ4v) is 3.51. The molecule has 0 saturated carbocycles. The fourth-order valence-electron chi connectivity index (χ4n) is 2.51. The summed E-state index contributed by atoms with van der Waals surface area (Å²) in [7, 11) is 0. The van der Waals surface area contributed by atoms with E-state index in [1.54, 1.807) is 23.9 Å². The first-order chi connectivity index (χ1) is 13.9. The standard InChI is InChI=1S/C22H20N2O4S/c1-15-3-4-16(2)20(13-15)29-19-7-5-18(6-8-19)23-21(25)14-28-22(26)17-9-11-24(27)12-10-17/h3-13H,14H2,1-2H3,(H,23,25). The quantitative estimate of drug-likeness (QED) is 0.380. The van der Waals surface area contributed by atoms with E-state index in [0.29, 0.717) is 10.4 Å². The summed E-state index contributed by atoms with van der Waals surface area (Å²) in [6.45, 7) is 3.72.